The van der Waals surface area contributed by atoms with E-state index < -0.39 is 0 Å². The Kier molecular flexibility index (Phi) is 5.61. The molecule has 1 heterocycles. The van der Waals surface area contributed by atoms with E-state index in [-0.39, 0.29) is 11.9 Å². The van der Waals surface area contributed by atoms with Crippen molar-refractivity contribution in [1.82, 2.24) is 20.1 Å². The molecule has 0 aliphatic heterocycles. The van der Waals surface area contributed by atoms with Crippen molar-refractivity contribution in [2.45, 2.75) is 13.0 Å². The third kappa shape index (κ3) is 4.03. The van der Waals surface area contributed by atoms with E-state index in [0.29, 0.717) is 22.1 Å². The minimum atomic E-state index is -0.259. The summed E-state index contributed by atoms with van der Waals surface area (Å²) in [5.41, 5.74) is 2.24. The molecule has 0 aliphatic rings. The summed E-state index contributed by atoms with van der Waals surface area (Å²) in [6.45, 7) is 1.91. The Labute approximate surface area is 161 Å². The third-order valence-corrected chi connectivity index (χ3v) is 4.40. The number of carbonyl (C=O) groups excluding carboxylic acids is 1. The zero-order chi connectivity index (χ0) is 19.4. The van der Waals surface area contributed by atoms with Crippen LogP contribution in [0.25, 0.3) is 5.69 Å². The highest BCUT2D eigenvalue weighted by Crippen LogP contribution is 2.36. The third-order valence-electron chi connectivity index (χ3n) is 4.12. The van der Waals surface area contributed by atoms with E-state index in [4.69, 9.17) is 21.1 Å². The van der Waals surface area contributed by atoms with Gasteiger partial charge in [0.2, 0.25) is 0 Å². The molecule has 27 heavy (non-hydrogen) atoms. The number of hydrogen-bond donors (Lipinski definition) is 1. The van der Waals surface area contributed by atoms with E-state index in [1.165, 1.54) is 20.5 Å². The van der Waals surface area contributed by atoms with E-state index >= 15 is 0 Å². The topological polar surface area (TPSA) is 78.3 Å². The number of rotatable bonds is 6. The number of hydrogen-bond acceptors (Lipinski definition) is 5. The van der Waals surface area contributed by atoms with Crippen LogP contribution in [0.5, 0.6) is 11.5 Å². The number of halogens is 1. The fourth-order valence-corrected chi connectivity index (χ4v) is 2.96. The molecule has 0 bridgehead atoms. The normalized spacial score (nSPS) is 11.7. The van der Waals surface area contributed by atoms with Gasteiger partial charge < -0.3 is 14.8 Å². The monoisotopic (exact) mass is 386 g/mol. The maximum Gasteiger partial charge on any atom is 0.251 e. The van der Waals surface area contributed by atoms with Crippen molar-refractivity contribution in [2.75, 3.05) is 14.2 Å². The lowest BCUT2D eigenvalue weighted by atomic mass is 10.1. The number of benzene rings is 2. The summed E-state index contributed by atoms with van der Waals surface area (Å²) in [5.74, 6) is 0.540. The molecule has 0 saturated carbocycles. The molecule has 0 spiro atoms. The summed E-state index contributed by atoms with van der Waals surface area (Å²) in [6.07, 6.45) is 3.10. The molecule has 0 radical (unpaired) electrons. The van der Waals surface area contributed by atoms with Gasteiger partial charge in [-0.15, -0.1) is 0 Å². The van der Waals surface area contributed by atoms with Crippen molar-refractivity contribution in [2.24, 2.45) is 0 Å². The highest BCUT2D eigenvalue weighted by atomic mass is 35.5. The molecular formula is C19H19ClN4O3. The lowest BCUT2D eigenvalue weighted by Gasteiger charge is -2.16. The lowest BCUT2D eigenvalue weighted by Crippen LogP contribution is -2.26. The number of aromatic nitrogens is 3. The Morgan fingerprint density at radius 3 is 2.52 bits per heavy atom. The van der Waals surface area contributed by atoms with Crippen LogP contribution in [0.4, 0.5) is 0 Å². The molecule has 1 amide bonds. The van der Waals surface area contributed by atoms with Crippen LogP contribution in [-0.2, 0) is 0 Å². The molecule has 3 rings (SSSR count). The molecule has 140 valence electrons. The first-order valence-corrected chi connectivity index (χ1v) is 8.58. The second-order valence-electron chi connectivity index (χ2n) is 5.82. The molecule has 0 unspecified atom stereocenters. The molecule has 8 heteroatoms. The molecule has 0 fully saturated rings. The summed E-state index contributed by atoms with van der Waals surface area (Å²) in [5, 5.41) is 7.35. The molecular weight excluding hydrogens is 368 g/mol. The van der Waals surface area contributed by atoms with Gasteiger partial charge in [-0.1, -0.05) is 23.7 Å². The van der Waals surface area contributed by atoms with Gasteiger partial charge in [0.25, 0.3) is 5.91 Å². The van der Waals surface area contributed by atoms with Crippen molar-refractivity contribution >= 4 is 17.5 Å². The van der Waals surface area contributed by atoms with Gasteiger partial charge in [-0.2, -0.15) is 5.10 Å². The highest BCUT2D eigenvalue weighted by molar-refractivity contribution is 6.32. The SMILES string of the molecule is COc1cc(C(=O)N[C@@H](C)c2ccc(-n3cncn3)cc2)cc(Cl)c1OC. The average Bonchev–Trinajstić information content (AvgIpc) is 3.22. The van der Waals surface area contributed by atoms with Crippen LogP contribution in [0.2, 0.25) is 5.02 Å². The fourth-order valence-electron chi connectivity index (χ4n) is 2.67. The highest BCUT2D eigenvalue weighted by Gasteiger charge is 2.17. The molecule has 1 N–H and O–H groups in total. The summed E-state index contributed by atoms with van der Waals surface area (Å²) in [4.78, 5) is 16.5. The molecule has 0 saturated heterocycles. The lowest BCUT2D eigenvalue weighted by molar-refractivity contribution is 0.0939. The maximum absolute atomic E-state index is 12.6. The first-order valence-electron chi connectivity index (χ1n) is 8.21. The van der Waals surface area contributed by atoms with Gasteiger partial charge in [0.15, 0.2) is 11.5 Å². The van der Waals surface area contributed by atoms with Crippen LogP contribution in [0.3, 0.4) is 0 Å². The van der Waals surface area contributed by atoms with E-state index in [0.717, 1.165) is 11.3 Å². The molecule has 3 aromatic rings. The van der Waals surface area contributed by atoms with Crippen LogP contribution >= 0.6 is 11.6 Å². The fraction of sp³-hybridized carbons (Fsp3) is 0.211. The van der Waals surface area contributed by atoms with E-state index in [1.54, 1.807) is 23.1 Å². The predicted octanol–water partition coefficient (Wildman–Crippen LogP) is 3.43. The van der Waals surface area contributed by atoms with Gasteiger partial charge in [-0.05, 0) is 36.8 Å². The first-order chi connectivity index (χ1) is 13.0. The van der Waals surface area contributed by atoms with Crippen LogP contribution < -0.4 is 14.8 Å². The Bertz CT molecular complexity index is 927. The molecule has 1 aromatic heterocycles. The number of ether oxygens (including phenoxy) is 2. The van der Waals surface area contributed by atoms with Crippen molar-refractivity contribution in [3.63, 3.8) is 0 Å². The van der Waals surface area contributed by atoms with Crippen molar-refractivity contribution < 1.29 is 14.3 Å². The van der Waals surface area contributed by atoms with E-state index in [1.807, 2.05) is 31.2 Å². The summed E-state index contributed by atoms with van der Waals surface area (Å²) in [7, 11) is 2.99. The van der Waals surface area contributed by atoms with Gasteiger partial charge in [-0.3, -0.25) is 4.79 Å². The molecule has 1 atom stereocenters. The number of amides is 1. The summed E-state index contributed by atoms with van der Waals surface area (Å²) >= 11 is 6.18. The van der Waals surface area contributed by atoms with Crippen LogP contribution in [0.1, 0.15) is 28.9 Å². The zero-order valence-corrected chi connectivity index (χ0v) is 15.9. The van der Waals surface area contributed by atoms with Gasteiger partial charge in [-0.25, -0.2) is 9.67 Å². The molecule has 0 aliphatic carbocycles. The smallest absolute Gasteiger partial charge is 0.251 e. The van der Waals surface area contributed by atoms with Gasteiger partial charge >= 0.3 is 0 Å². The quantitative estimate of drug-likeness (QED) is 0.702. The number of nitrogens with one attached hydrogen (secondary N) is 1. The Morgan fingerprint density at radius 1 is 1.19 bits per heavy atom. The first kappa shape index (κ1) is 18.7. The Morgan fingerprint density at radius 2 is 1.93 bits per heavy atom. The standard InChI is InChI=1S/C19H19ClN4O3/c1-12(13-4-6-15(7-5-13)24-11-21-10-22-24)23-19(25)14-8-16(20)18(27-3)17(9-14)26-2/h4-12H,1-3H3,(H,23,25)/t12-/m0/s1. The van der Waals surface area contributed by atoms with Crippen molar-refractivity contribution in [3.05, 3.63) is 65.2 Å². The molecule has 7 nitrogen and oxygen atoms in total. The Hall–Kier alpha value is -3.06. The maximum atomic E-state index is 12.6. The van der Waals surface area contributed by atoms with Crippen molar-refractivity contribution in [1.29, 1.82) is 0 Å². The predicted molar refractivity (Wildman–Crippen MR) is 102 cm³/mol. The summed E-state index contributed by atoms with van der Waals surface area (Å²) < 4.78 is 12.1. The second-order valence-corrected chi connectivity index (χ2v) is 6.23. The minimum Gasteiger partial charge on any atom is -0.493 e. The van der Waals surface area contributed by atoms with Crippen LogP contribution in [0, 0.1) is 0 Å². The Balaban J connectivity index is 1.75. The van der Waals surface area contributed by atoms with Gasteiger partial charge in [0.1, 0.15) is 12.7 Å². The largest absolute Gasteiger partial charge is 0.493 e. The number of nitrogens with zero attached hydrogens (tertiary/aromatic N) is 3. The van der Waals surface area contributed by atoms with Crippen LogP contribution in [-0.4, -0.2) is 34.9 Å². The van der Waals surface area contributed by atoms with Crippen LogP contribution in [0.15, 0.2) is 49.1 Å². The zero-order valence-electron chi connectivity index (χ0n) is 15.1. The van der Waals surface area contributed by atoms with E-state index in [9.17, 15) is 4.79 Å². The van der Waals surface area contributed by atoms with Gasteiger partial charge in [0, 0.05) is 5.56 Å². The summed E-state index contributed by atoms with van der Waals surface area (Å²) in [6, 6.07) is 10.7. The minimum absolute atomic E-state index is 0.200. The second kappa shape index (κ2) is 8.09. The number of methoxy groups -OCH3 is 2. The van der Waals surface area contributed by atoms with Crippen molar-refractivity contribution in [3.8, 4) is 17.2 Å². The van der Waals surface area contributed by atoms with Gasteiger partial charge in [0.05, 0.1) is 31.0 Å². The number of carbonyl (C=O) groups is 1. The molecule has 2 aromatic carbocycles. The van der Waals surface area contributed by atoms with E-state index in [2.05, 4.69) is 15.4 Å². The average molecular weight is 387 g/mol.